The lowest BCUT2D eigenvalue weighted by atomic mass is 10.1. The molecule has 1 fully saturated rings. The fourth-order valence-corrected chi connectivity index (χ4v) is 4.10. The van der Waals surface area contributed by atoms with Crippen molar-refractivity contribution >= 4 is 27.1 Å². The molecular weight excluding hydrogens is 264 g/mol. The molecule has 0 aromatic heterocycles. The molecule has 0 saturated carbocycles. The van der Waals surface area contributed by atoms with Gasteiger partial charge in [-0.15, -0.1) is 0 Å². The van der Waals surface area contributed by atoms with Gasteiger partial charge in [-0.25, -0.2) is 8.42 Å². The minimum atomic E-state index is -3.04. The normalized spacial score (nSPS) is 21.2. The monoisotopic (exact) mass is 282 g/mol. The average Bonchev–Trinajstić information content (AvgIpc) is 2.71. The van der Waals surface area contributed by atoms with E-state index in [1.54, 1.807) is 29.2 Å². The maximum Gasteiger partial charge on any atom is 0.231 e. The molecule has 1 aliphatic heterocycles. The van der Waals surface area contributed by atoms with Crippen molar-refractivity contribution in [3.8, 4) is 0 Å². The number of hydrogen-bond acceptors (Lipinski definition) is 4. The second-order valence-electron chi connectivity index (χ2n) is 4.78. The number of nitrogens with two attached hydrogens (primary N) is 1. The van der Waals surface area contributed by atoms with Gasteiger partial charge in [0.15, 0.2) is 9.84 Å². The molecule has 5 nitrogen and oxygen atoms in total. The molecule has 1 heterocycles. The van der Waals surface area contributed by atoms with E-state index in [-0.39, 0.29) is 17.4 Å². The number of rotatable bonds is 3. The molecule has 104 valence electrons. The molecule has 1 amide bonds. The second kappa shape index (κ2) is 5.21. The number of amides is 1. The summed E-state index contributed by atoms with van der Waals surface area (Å²) in [6.07, 6.45) is 0.417. The molecule has 6 heteroatoms. The molecule has 0 radical (unpaired) electrons. The molecule has 1 aromatic carbocycles. The summed E-state index contributed by atoms with van der Waals surface area (Å²) in [4.78, 5) is 14.0. The van der Waals surface area contributed by atoms with Crippen LogP contribution < -0.4 is 10.6 Å². The van der Waals surface area contributed by atoms with Gasteiger partial charge in [-0.1, -0.05) is 6.07 Å². The smallest absolute Gasteiger partial charge is 0.231 e. The number of carbonyl (C=O) groups is 1. The predicted molar refractivity (Wildman–Crippen MR) is 75.6 cm³/mol. The Morgan fingerprint density at radius 3 is 2.74 bits per heavy atom. The molecule has 2 N–H and O–H groups in total. The molecule has 0 aliphatic carbocycles. The fourth-order valence-electron chi connectivity index (χ4n) is 2.37. The van der Waals surface area contributed by atoms with Crippen molar-refractivity contribution in [2.45, 2.75) is 13.3 Å². The summed E-state index contributed by atoms with van der Waals surface area (Å²) in [6.45, 7) is 2.36. The Labute approximate surface area is 113 Å². The molecule has 1 unspecified atom stereocenters. The number of nitrogen functional groups attached to an aromatic ring is 1. The van der Waals surface area contributed by atoms with E-state index >= 15 is 0 Å². The van der Waals surface area contributed by atoms with Gasteiger partial charge in [0, 0.05) is 17.9 Å². The lowest BCUT2D eigenvalue weighted by Crippen LogP contribution is -2.36. The topological polar surface area (TPSA) is 80.5 Å². The zero-order valence-corrected chi connectivity index (χ0v) is 11.7. The molecule has 1 atom stereocenters. The maximum atomic E-state index is 12.4. The first-order valence-corrected chi connectivity index (χ1v) is 8.12. The van der Waals surface area contributed by atoms with Crippen LogP contribution in [-0.4, -0.2) is 32.4 Å². The molecule has 19 heavy (non-hydrogen) atoms. The first-order valence-electron chi connectivity index (χ1n) is 6.30. The third-order valence-electron chi connectivity index (χ3n) is 3.35. The van der Waals surface area contributed by atoms with E-state index in [1.165, 1.54) is 0 Å². The van der Waals surface area contributed by atoms with Gasteiger partial charge < -0.3 is 10.6 Å². The van der Waals surface area contributed by atoms with Crippen LogP contribution in [0, 0.1) is 5.92 Å². The average molecular weight is 282 g/mol. The highest BCUT2D eigenvalue weighted by atomic mass is 32.2. The van der Waals surface area contributed by atoms with E-state index in [0.29, 0.717) is 18.7 Å². The van der Waals surface area contributed by atoms with Gasteiger partial charge in [0.25, 0.3) is 0 Å². The summed E-state index contributed by atoms with van der Waals surface area (Å²) in [5.41, 5.74) is 7.02. The molecule has 1 aromatic rings. The summed E-state index contributed by atoms with van der Waals surface area (Å²) < 4.78 is 22.9. The van der Waals surface area contributed by atoms with Gasteiger partial charge in [0.1, 0.15) is 0 Å². The van der Waals surface area contributed by atoms with E-state index in [0.717, 1.165) is 5.69 Å². The van der Waals surface area contributed by atoms with Gasteiger partial charge >= 0.3 is 0 Å². The lowest BCUT2D eigenvalue weighted by molar-refractivity contribution is -0.121. The van der Waals surface area contributed by atoms with Crippen molar-refractivity contribution in [2.24, 2.45) is 5.92 Å². The van der Waals surface area contributed by atoms with Crippen LogP contribution in [0.5, 0.6) is 0 Å². The van der Waals surface area contributed by atoms with Crippen molar-refractivity contribution < 1.29 is 13.2 Å². The van der Waals surface area contributed by atoms with Gasteiger partial charge in [-0.3, -0.25) is 4.79 Å². The van der Waals surface area contributed by atoms with E-state index in [4.69, 9.17) is 5.73 Å². The van der Waals surface area contributed by atoms with Gasteiger partial charge in [0.05, 0.1) is 17.4 Å². The van der Waals surface area contributed by atoms with Crippen LogP contribution in [0.4, 0.5) is 11.4 Å². The van der Waals surface area contributed by atoms with Crippen LogP contribution in [0.15, 0.2) is 24.3 Å². The maximum absolute atomic E-state index is 12.4. The van der Waals surface area contributed by atoms with Crippen LogP contribution in [0.25, 0.3) is 0 Å². The van der Waals surface area contributed by atoms with Crippen molar-refractivity contribution in [2.75, 3.05) is 28.7 Å². The minimum absolute atomic E-state index is 0.0371. The Balaban J connectivity index is 2.21. The van der Waals surface area contributed by atoms with E-state index < -0.39 is 15.8 Å². The quantitative estimate of drug-likeness (QED) is 0.840. The zero-order chi connectivity index (χ0) is 14.0. The highest BCUT2D eigenvalue weighted by Crippen LogP contribution is 2.25. The van der Waals surface area contributed by atoms with E-state index in [1.807, 2.05) is 6.92 Å². The zero-order valence-electron chi connectivity index (χ0n) is 10.9. The highest BCUT2D eigenvalue weighted by Gasteiger charge is 2.35. The molecule has 0 spiro atoms. The molecule has 1 saturated heterocycles. The van der Waals surface area contributed by atoms with Crippen LogP contribution in [-0.2, 0) is 14.6 Å². The van der Waals surface area contributed by atoms with Gasteiger partial charge in [-0.2, -0.15) is 0 Å². The Hall–Kier alpha value is -1.56. The van der Waals surface area contributed by atoms with E-state index in [9.17, 15) is 13.2 Å². The number of carbonyl (C=O) groups excluding carboxylic acids is 1. The van der Waals surface area contributed by atoms with Crippen LogP contribution in [0.2, 0.25) is 0 Å². The Morgan fingerprint density at radius 1 is 1.47 bits per heavy atom. The number of benzene rings is 1. The summed E-state index contributed by atoms with van der Waals surface area (Å²) >= 11 is 0. The minimum Gasteiger partial charge on any atom is -0.399 e. The van der Waals surface area contributed by atoms with Gasteiger partial charge in [-0.05, 0) is 31.5 Å². The third kappa shape index (κ3) is 3.07. The molecule has 1 aliphatic rings. The van der Waals surface area contributed by atoms with Crippen LogP contribution in [0.3, 0.4) is 0 Å². The Kier molecular flexibility index (Phi) is 3.80. The van der Waals surface area contributed by atoms with Crippen molar-refractivity contribution in [3.05, 3.63) is 24.3 Å². The van der Waals surface area contributed by atoms with Gasteiger partial charge in [0.2, 0.25) is 5.91 Å². The SMILES string of the molecule is CCN(C(=O)C1CCS(=O)(=O)C1)c1cccc(N)c1. The standard InChI is InChI=1S/C13H18N2O3S/c1-2-15(12-5-3-4-11(14)8-12)13(16)10-6-7-19(17,18)9-10/h3-5,8,10H,2,6-7,9,14H2,1H3. The Bertz CT molecular complexity index is 583. The first-order chi connectivity index (χ1) is 8.93. The fraction of sp³-hybridized carbons (Fsp3) is 0.462. The second-order valence-corrected chi connectivity index (χ2v) is 7.01. The van der Waals surface area contributed by atoms with Crippen molar-refractivity contribution in [3.63, 3.8) is 0 Å². The predicted octanol–water partition coefficient (Wildman–Crippen LogP) is 1.06. The summed E-state index contributed by atoms with van der Waals surface area (Å²) in [6, 6.07) is 7.07. The Morgan fingerprint density at radius 2 is 2.21 bits per heavy atom. The third-order valence-corrected chi connectivity index (χ3v) is 5.11. The highest BCUT2D eigenvalue weighted by molar-refractivity contribution is 7.91. The van der Waals surface area contributed by atoms with Crippen LogP contribution in [0.1, 0.15) is 13.3 Å². The number of anilines is 2. The summed E-state index contributed by atoms with van der Waals surface area (Å²) in [5, 5.41) is 0. The first kappa shape index (κ1) is 13.9. The van der Waals surface area contributed by atoms with Crippen molar-refractivity contribution in [1.29, 1.82) is 0 Å². The number of hydrogen-bond donors (Lipinski definition) is 1. The largest absolute Gasteiger partial charge is 0.399 e. The summed E-state index contributed by atoms with van der Waals surface area (Å²) in [7, 11) is -3.04. The molecule has 0 bridgehead atoms. The molecule has 2 rings (SSSR count). The number of sulfone groups is 1. The lowest BCUT2D eigenvalue weighted by Gasteiger charge is -2.24. The molecular formula is C13H18N2O3S. The van der Waals surface area contributed by atoms with Crippen LogP contribution >= 0.6 is 0 Å². The van der Waals surface area contributed by atoms with Crippen molar-refractivity contribution in [1.82, 2.24) is 0 Å². The summed E-state index contributed by atoms with van der Waals surface area (Å²) in [5.74, 6) is -0.483. The number of nitrogens with zero attached hydrogens (tertiary/aromatic N) is 1. The van der Waals surface area contributed by atoms with E-state index in [2.05, 4.69) is 0 Å².